The number of benzene rings is 2. The van der Waals surface area contributed by atoms with Gasteiger partial charge in [-0.3, -0.25) is 9.59 Å². The Kier molecular flexibility index (Phi) is 6.92. The van der Waals surface area contributed by atoms with Gasteiger partial charge >= 0.3 is 0 Å². The number of hydrogen-bond acceptors (Lipinski definition) is 4. The third-order valence-corrected chi connectivity index (χ3v) is 5.70. The highest BCUT2D eigenvalue weighted by Gasteiger charge is 2.35. The van der Waals surface area contributed by atoms with Crippen LogP contribution in [0.2, 0.25) is 0 Å². The summed E-state index contributed by atoms with van der Waals surface area (Å²) in [5, 5.41) is 5.56. The van der Waals surface area contributed by atoms with Gasteiger partial charge in [-0.1, -0.05) is 25.0 Å². The highest BCUT2D eigenvalue weighted by molar-refractivity contribution is 5.97. The van der Waals surface area contributed by atoms with Gasteiger partial charge < -0.3 is 20.1 Å². The summed E-state index contributed by atoms with van der Waals surface area (Å²) < 4.78 is 23.7. The van der Waals surface area contributed by atoms with Crippen molar-refractivity contribution >= 4 is 11.8 Å². The van der Waals surface area contributed by atoms with Gasteiger partial charge in [0.05, 0.1) is 20.8 Å². The summed E-state index contributed by atoms with van der Waals surface area (Å²) in [6.07, 6.45) is 4.03. The molecule has 0 aromatic heterocycles. The second-order valence-electron chi connectivity index (χ2n) is 7.52. The summed E-state index contributed by atoms with van der Waals surface area (Å²) in [6.45, 7) is 0.330. The highest BCUT2D eigenvalue weighted by atomic mass is 19.1. The summed E-state index contributed by atoms with van der Waals surface area (Å²) >= 11 is 0. The molecule has 0 aliphatic heterocycles. The number of carbonyl (C=O) groups is 2. The van der Waals surface area contributed by atoms with Crippen molar-refractivity contribution in [2.45, 2.75) is 31.1 Å². The smallest absolute Gasteiger partial charge is 0.251 e. The first-order valence-corrected chi connectivity index (χ1v) is 10.0. The quantitative estimate of drug-likeness (QED) is 0.696. The second-order valence-corrected chi connectivity index (χ2v) is 7.52. The van der Waals surface area contributed by atoms with E-state index < -0.39 is 0 Å². The molecule has 0 spiro atoms. The van der Waals surface area contributed by atoms with E-state index in [1.165, 1.54) is 26.4 Å². The fraction of sp³-hybridized carbons (Fsp3) is 0.391. The van der Waals surface area contributed by atoms with E-state index in [9.17, 15) is 14.0 Å². The third kappa shape index (κ3) is 4.90. The standard InChI is InChI=1S/C23H27FN2O4/c1-29-19-10-5-16(13-20(19)30-2)22(28)25-14-21(27)26-15-23(11-3-4-12-23)17-6-8-18(24)9-7-17/h5-10,13H,3-4,11-12,14-15H2,1-2H3,(H,25,28)(H,26,27). The first-order valence-electron chi connectivity index (χ1n) is 10.0. The van der Waals surface area contributed by atoms with Crippen LogP contribution in [0.5, 0.6) is 11.5 Å². The van der Waals surface area contributed by atoms with Crippen LogP contribution in [0.1, 0.15) is 41.6 Å². The molecule has 0 radical (unpaired) electrons. The molecule has 1 fully saturated rings. The van der Waals surface area contributed by atoms with Crippen LogP contribution in [0, 0.1) is 5.82 Å². The van der Waals surface area contributed by atoms with Gasteiger partial charge in [-0.05, 0) is 48.7 Å². The van der Waals surface area contributed by atoms with Gasteiger partial charge in [-0.25, -0.2) is 4.39 Å². The molecule has 2 amide bonds. The van der Waals surface area contributed by atoms with Crippen molar-refractivity contribution in [3.63, 3.8) is 0 Å². The predicted molar refractivity (Wildman–Crippen MR) is 111 cm³/mol. The Labute approximate surface area is 175 Å². The first-order chi connectivity index (χ1) is 14.5. The molecule has 30 heavy (non-hydrogen) atoms. The van der Waals surface area contributed by atoms with E-state index in [0.29, 0.717) is 23.6 Å². The molecule has 0 atom stereocenters. The van der Waals surface area contributed by atoms with Crippen molar-refractivity contribution in [3.8, 4) is 11.5 Å². The number of ether oxygens (including phenoxy) is 2. The second kappa shape index (κ2) is 9.61. The van der Waals surface area contributed by atoms with E-state index in [0.717, 1.165) is 31.2 Å². The molecule has 0 bridgehead atoms. The number of amides is 2. The van der Waals surface area contributed by atoms with Gasteiger partial charge in [-0.15, -0.1) is 0 Å². The van der Waals surface area contributed by atoms with Crippen LogP contribution in [0.4, 0.5) is 4.39 Å². The molecule has 6 nitrogen and oxygen atoms in total. The molecule has 2 N–H and O–H groups in total. The van der Waals surface area contributed by atoms with Crippen LogP contribution in [0.15, 0.2) is 42.5 Å². The lowest BCUT2D eigenvalue weighted by molar-refractivity contribution is -0.120. The number of methoxy groups -OCH3 is 2. The van der Waals surface area contributed by atoms with Crippen LogP contribution in [-0.2, 0) is 10.2 Å². The maximum Gasteiger partial charge on any atom is 0.251 e. The van der Waals surface area contributed by atoms with Gasteiger partial charge in [0.25, 0.3) is 5.91 Å². The number of nitrogens with one attached hydrogen (secondary N) is 2. The Morgan fingerprint density at radius 1 is 0.967 bits per heavy atom. The number of rotatable bonds is 8. The summed E-state index contributed by atoms with van der Waals surface area (Å²) in [5.74, 6) is 0.0535. The lowest BCUT2D eigenvalue weighted by Crippen LogP contribution is -2.43. The number of carbonyl (C=O) groups excluding carboxylic acids is 2. The Balaban J connectivity index is 1.56. The first kappa shape index (κ1) is 21.6. The molecular weight excluding hydrogens is 387 g/mol. The maximum absolute atomic E-state index is 13.3. The van der Waals surface area contributed by atoms with Gasteiger partial charge in [0.1, 0.15) is 5.82 Å². The van der Waals surface area contributed by atoms with Crippen LogP contribution in [0.25, 0.3) is 0 Å². The normalized spacial score (nSPS) is 14.8. The summed E-state index contributed by atoms with van der Waals surface area (Å²) in [7, 11) is 3.01. The van der Waals surface area contributed by atoms with Crippen LogP contribution in [-0.4, -0.2) is 39.1 Å². The number of halogens is 1. The highest BCUT2D eigenvalue weighted by Crippen LogP contribution is 2.40. The SMILES string of the molecule is COc1ccc(C(=O)NCC(=O)NCC2(c3ccc(F)cc3)CCCC2)cc1OC. The minimum absolute atomic E-state index is 0.132. The predicted octanol–water partition coefficient (Wildman–Crippen LogP) is 3.20. The average molecular weight is 414 g/mol. The van der Waals surface area contributed by atoms with Gasteiger partial charge in [0.2, 0.25) is 5.91 Å². The maximum atomic E-state index is 13.3. The third-order valence-electron chi connectivity index (χ3n) is 5.70. The van der Waals surface area contributed by atoms with Crippen molar-refractivity contribution in [2.75, 3.05) is 27.3 Å². The van der Waals surface area contributed by atoms with E-state index in [4.69, 9.17) is 9.47 Å². The largest absolute Gasteiger partial charge is 0.493 e. The molecule has 160 valence electrons. The molecule has 3 rings (SSSR count). The monoisotopic (exact) mass is 414 g/mol. The van der Waals surface area contributed by atoms with Crippen molar-refractivity contribution in [1.82, 2.24) is 10.6 Å². The zero-order chi connectivity index (χ0) is 21.6. The Morgan fingerprint density at radius 3 is 2.27 bits per heavy atom. The van der Waals surface area contributed by atoms with Crippen molar-refractivity contribution in [3.05, 3.63) is 59.4 Å². The van der Waals surface area contributed by atoms with E-state index in [1.54, 1.807) is 30.3 Å². The molecule has 1 aliphatic rings. The number of hydrogen-bond donors (Lipinski definition) is 2. The molecule has 0 saturated heterocycles. The van der Waals surface area contributed by atoms with E-state index in [1.807, 2.05) is 0 Å². The fourth-order valence-electron chi connectivity index (χ4n) is 3.99. The van der Waals surface area contributed by atoms with E-state index in [2.05, 4.69) is 10.6 Å². The lowest BCUT2D eigenvalue weighted by atomic mass is 9.79. The van der Waals surface area contributed by atoms with Crippen LogP contribution >= 0.6 is 0 Å². The molecule has 1 saturated carbocycles. The zero-order valence-electron chi connectivity index (χ0n) is 17.3. The molecule has 0 heterocycles. The van der Waals surface area contributed by atoms with Crippen molar-refractivity contribution < 1.29 is 23.5 Å². The van der Waals surface area contributed by atoms with Gasteiger partial charge in [0.15, 0.2) is 11.5 Å². The summed E-state index contributed by atoms with van der Waals surface area (Å²) in [4.78, 5) is 24.7. The minimum Gasteiger partial charge on any atom is -0.493 e. The Bertz CT molecular complexity index is 893. The molecule has 2 aromatic carbocycles. The Hall–Kier alpha value is -3.09. The molecule has 0 unspecified atom stereocenters. The lowest BCUT2D eigenvalue weighted by Gasteiger charge is -2.30. The Morgan fingerprint density at radius 2 is 1.63 bits per heavy atom. The molecular formula is C23H27FN2O4. The van der Waals surface area contributed by atoms with Crippen molar-refractivity contribution in [2.24, 2.45) is 0 Å². The average Bonchev–Trinajstić information content (AvgIpc) is 3.26. The van der Waals surface area contributed by atoms with Gasteiger partial charge in [0, 0.05) is 17.5 Å². The van der Waals surface area contributed by atoms with Gasteiger partial charge in [-0.2, -0.15) is 0 Å². The van der Waals surface area contributed by atoms with Crippen LogP contribution in [0.3, 0.4) is 0 Å². The van der Waals surface area contributed by atoms with Crippen LogP contribution < -0.4 is 20.1 Å². The van der Waals surface area contributed by atoms with E-state index in [-0.39, 0.29) is 29.6 Å². The topological polar surface area (TPSA) is 76.7 Å². The minimum atomic E-state index is -0.375. The fourth-order valence-corrected chi connectivity index (χ4v) is 3.99. The summed E-state index contributed by atoms with van der Waals surface area (Å²) in [6, 6.07) is 11.3. The molecule has 2 aromatic rings. The molecule has 7 heteroatoms. The zero-order valence-corrected chi connectivity index (χ0v) is 17.3. The van der Waals surface area contributed by atoms with Crippen molar-refractivity contribution in [1.29, 1.82) is 0 Å². The van der Waals surface area contributed by atoms with E-state index >= 15 is 0 Å². The summed E-state index contributed by atoms with van der Waals surface area (Å²) in [5.41, 5.74) is 1.23. The molecule has 1 aliphatic carbocycles.